The molecule has 1 aromatic rings. The lowest BCUT2D eigenvalue weighted by molar-refractivity contribution is -0.135. The molecule has 2 rings (SSSR count). The highest BCUT2D eigenvalue weighted by Gasteiger charge is 2.31. The fourth-order valence-corrected chi connectivity index (χ4v) is 3.79. The van der Waals surface area contributed by atoms with E-state index in [1.54, 1.807) is 7.11 Å². The molecule has 26 heavy (non-hydrogen) atoms. The van der Waals surface area contributed by atoms with Gasteiger partial charge >= 0.3 is 0 Å². The summed E-state index contributed by atoms with van der Waals surface area (Å²) in [4.78, 5) is 29.4. The van der Waals surface area contributed by atoms with Crippen LogP contribution < -0.4 is 0 Å². The Bertz CT molecular complexity index is 605. The smallest absolute Gasteiger partial charge is 0.223 e. The first kappa shape index (κ1) is 20.6. The Hall–Kier alpha value is -1.72. The van der Waals surface area contributed by atoms with Gasteiger partial charge < -0.3 is 9.64 Å². The summed E-state index contributed by atoms with van der Waals surface area (Å²) in [7, 11) is 1.72. The highest BCUT2D eigenvalue weighted by molar-refractivity contribution is 5.99. The predicted octanol–water partition coefficient (Wildman–Crippen LogP) is 2.92. The summed E-state index contributed by atoms with van der Waals surface area (Å²) in [5.41, 5.74) is 1.70. The van der Waals surface area contributed by atoms with Gasteiger partial charge in [0.25, 0.3) is 0 Å². The zero-order valence-electron chi connectivity index (χ0n) is 16.5. The molecule has 5 nitrogen and oxygen atoms in total. The number of amides is 1. The van der Waals surface area contributed by atoms with Crippen LogP contribution in [-0.4, -0.2) is 66.9 Å². The van der Waals surface area contributed by atoms with Crippen LogP contribution in [0.3, 0.4) is 0 Å². The first-order chi connectivity index (χ1) is 12.4. The first-order valence-electron chi connectivity index (χ1n) is 9.55. The zero-order valence-corrected chi connectivity index (χ0v) is 16.5. The Morgan fingerprint density at radius 2 is 1.77 bits per heavy atom. The molecular weight excluding hydrogens is 328 g/mol. The lowest BCUT2D eigenvalue weighted by Gasteiger charge is -2.44. The maximum atomic E-state index is 12.6. The molecule has 5 heteroatoms. The summed E-state index contributed by atoms with van der Waals surface area (Å²) in [6.45, 7) is 9.48. The van der Waals surface area contributed by atoms with E-state index in [-0.39, 0.29) is 24.5 Å². The SMILES string of the molecule is COCCCN1C(C)CN(C(=O)CCC(=O)c2ccccc2C)CC1C. The van der Waals surface area contributed by atoms with E-state index in [4.69, 9.17) is 4.74 Å². The van der Waals surface area contributed by atoms with Crippen LogP contribution in [0, 0.1) is 6.92 Å². The first-order valence-corrected chi connectivity index (χ1v) is 9.55. The van der Waals surface area contributed by atoms with E-state index in [0.717, 1.165) is 43.8 Å². The molecule has 1 aliphatic heterocycles. The molecule has 1 amide bonds. The number of ether oxygens (including phenoxy) is 1. The molecule has 0 aromatic heterocycles. The van der Waals surface area contributed by atoms with Crippen molar-refractivity contribution >= 4 is 11.7 Å². The van der Waals surface area contributed by atoms with Crippen molar-refractivity contribution in [2.45, 2.75) is 52.1 Å². The molecule has 0 N–H and O–H groups in total. The average molecular weight is 360 g/mol. The normalized spacial score (nSPS) is 21.0. The molecule has 0 bridgehead atoms. The van der Waals surface area contributed by atoms with Gasteiger partial charge in [0.05, 0.1) is 0 Å². The Labute approximate surface area is 157 Å². The summed E-state index contributed by atoms with van der Waals surface area (Å²) in [5.74, 6) is 0.137. The monoisotopic (exact) mass is 360 g/mol. The third-order valence-electron chi connectivity index (χ3n) is 5.23. The summed E-state index contributed by atoms with van der Waals surface area (Å²) < 4.78 is 5.14. The number of carbonyl (C=O) groups is 2. The third kappa shape index (κ3) is 5.39. The van der Waals surface area contributed by atoms with Crippen molar-refractivity contribution in [3.05, 3.63) is 35.4 Å². The fraction of sp³-hybridized carbons (Fsp3) is 0.619. The number of hydrogen-bond donors (Lipinski definition) is 0. The predicted molar refractivity (Wildman–Crippen MR) is 103 cm³/mol. The van der Waals surface area contributed by atoms with Gasteiger partial charge in [-0.2, -0.15) is 0 Å². The lowest BCUT2D eigenvalue weighted by Crippen LogP contribution is -2.58. The Kier molecular flexibility index (Phi) is 7.79. The van der Waals surface area contributed by atoms with Crippen LogP contribution in [0.4, 0.5) is 0 Å². The molecule has 0 saturated carbocycles. The molecule has 1 saturated heterocycles. The second-order valence-electron chi connectivity index (χ2n) is 7.32. The van der Waals surface area contributed by atoms with E-state index in [2.05, 4.69) is 18.7 Å². The summed E-state index contributed by atoms with van der Waals surface area (Å²) >= 11 is 0. The number of hydrogen-bond acceptors (Lipinski definition) is 4. The van der Waals surface area contributed by atoms with Crippen molar-refractivity contribution in [3.63, 3.8) is 0 Å². The number of piperazine rings is 1. The second-order valence-corrected chi connectivity index (χ2v) is 7.32. The standard InChI is InChI=1S/C21H32N2O3/c1-16-8-5-6-9-19(16)20(24)10-11-21(25)22-14-17(2)23(18(3)15-22)12-7-13-26-4/h5-6,8-9,17-18H,7,10-15H2,1-4H3. The van der Waals surface area contributed by atoms with Gasteiger partial charge in [-0.1, -0.05) is 24.3 Å². The number of aryl methyl sites for hydroxylation is 1. The Morgan fingerprint density at radius 3 is 2.38 bits per heavy atom. The van der Waals surface area contributed by atoms with E-state index < -0.39 is 0 Å². The lowest BCUT2D eigenvalue weighted by atomic mass is 10.0. The van der Waals surface area contributed by atoms with Crippen molar-refractivity contribution in [2.75, 3.05) is 33.4 Å². The molecule has 1 aliphatic rings. The number of ketones is 1. The van der Waals surface area contributed by atoms with Crippen molar-refractivity contribution in [3.8, 4) is 0 Å². The van der Waals surface area contributed by atoms with Crippen molar-refractivity contribution < 1.29 is 14.3 Å². The van der Waals surface area contributed by atoms with Crippen molar-refractivity contribution in [1.29, 1.82) is 0 Å². The third-order valence-corrected chi connectivity index (χ3v) is 5.23. The van der Waals surface area contributed by atoms with E-state index in [1.165, 1.54) is 0 Å². The molecule has 0 radical (unpaired) electrons. The maximum absolute atomic E-state index is 12.6. The number of rotatable bonds is 8. The largest absolute Gasteiger partial charge is 0.385 e. The number of nitrogens with zero attached hydrogens (tertiary/aromatic N) is 2. The van der Waals surface area contributed by atoms with Crippen LogP contribution in [0.5, 0.6) is 0 Å². The second kappa shape index (κ2) is 9.83. The van der Waals surface area contributed by atoms with Crippen LogP contribution in [0.2, 0.25) is 0 Å². The highest BCUT2D eigenvalue weighted by atomic mass is 16.5. The highest BCUT2D eigenvalue weighted by Crippen LogP contribution is 2.18. The quantitative estimate of drug-likeness (QED) is 0.528. The minimum Gasteiger partial charge on any atom is -0.385 e. The minimum absolute atomic E-state index is 0.0516. The van der Waals surface area contributed by atoms with Gasteiger partial charge in [-0.25, -0.2) is 0 Å². The summed E-state index contributed by atoms with van der Waals surface area (Å²) in [6, 6.07) is 8.21. The van der Waals surface area contributed by atoms with Gasteiger partial charge in [0.2, 0.25) is 5.91 Å². The van der Waals surface area contributed by atoms with E-state index in [9.17, 15) is 9.59 Å². The number of carbonyl (C=O) groups excluding carboxylic acids is 2. The number of benzene rings is 1. The number of Topliss-reactive ketones (excluding diaryl/α,β-unsaturated/α-hetero) is 1. The van der Waals surface area contributed by atoms with Crippen LogP contribution in [0.25, 0.3) is 0 Å². The topological polar surface area (TPSA) is 49.9 Å². The van der Waals surface area contributed by atoms with Crippen LogP contribution >= 0.6 is 0 Å². The summed E-state index contributed by atoms with van der Waals surface area (Å²) in [6.07, 6.45) is 1.57. The summed E-state index contributed by atoms with van der Waals surface area (Å²) in [5, 5.41) is 0. The average Bonchev–Trinajstić information content (AvgIpc) is 2.62. The van der Waals surface area contributed by atoms with Gasteiger partial charge in [-0.3, -0.25) is 14.5 Å². The molecule has 0 spiro atoms. The van der Waals surface area contributed by atoms with Crippen LogP contribution in [0.15, 0.2) is 24.3 Å². The molecule has 2 atom stereocenters. The fourth-order valence-electron chi connectivity index (χ4n) is 3.79. The molecule has 144 valence electrons. The molecule has 0 aliphatic carbocycles. The Balaban J connectivity index is 1.85. The van der Waals surface area contributed by atoms with Gasteiger partial charge in [0, 0.05) is 63.8 Å². The number of methoxy groups -OCH3 is 1. The molecule has 1 aromatic carbocycles. The van der Waals surface area contributed by atoms with E-state index in [1.807, 2.05) is 36.1 Å². The van der Waals surface area contributed by atoms with Crippen LogP contribution in [-0.2, 0) is 9.53 Å². The van der Waals surface area contributed by atoms with Gasteiger partial charge in [-0.15, -0.1) is 0 Å². The Morgan fingerprint density at radius 1 is 1.12 bits per heavy atom. The van der Waals surface area contributed by atoms with E-state index >= 15 is 0 Å². The van der Waals surface area contributed by atoms with Crippen molar-refractivity contribution in [2.24, 2.45) is 0 Å². The minimum atomic E-state index is 0.0516. The zero-order chi connectivity index (χ0) is 19.1. The van der Waals surface area contributed by atoms with Crippen LogP contribution in [0.1, 0.15) is 49.0 Å². The molecule has 1 fully saturated rings. The van der Waals surface area contributed by atoms with E-state index in [0.29, 0.717) is 12.1 Å². The van der Waals surface area contributed by atoms with Crippen molar-refractivity contribution in [1.82, 2.24) is 9.80 Å². The maximum Gasteiger partial charge on any atom is 0.223 e. The molecule has 2 unspecified atom stereocenters. The molecule has 1 heterocycles. The van der Waals surface area contributed by atoms with Gasteiger partial charge in [0.1, 0.15) is 0 Å². The van der Waals surface area contributed by atoms with Gasteiger partial charge in [-0.05, 0) is 32.8 Å². The molecular formula is C21H32N2O3. The van der Waals surface area contributed by atoms with Gasteiger partial charge in [0.15, 0.2) is 5.78 Å².